The van der Waals surface area contributed by atoms with Crippen molar-refractivity contribution in [2.75, 3.05) is 4.90 Å². The Morgan fingerprint density at radius 1 is 0.298 bits per heavy atom. The average molecular weight is 604 g/mol. The summed E-state index contributed by atoms with van der Waals surface area (Å²) in [5.74, 6) is 2.95. The molecule has 3 heteroatoms. The smallest absolute Gasteiger partial charge is 0.172 e. The Labute approximate surface area is 273 Å². The van der Waals surface area contributed by atoms with Crippen LogP contribution in [0.15, 0.2) is 176 Å². The van der Waals surface area contributed by atoms with E-state index in [1.165, 1.54) is 27.5 Å². The number of para-hydroxylation sites is 1. The lowest BCUT2D eigenvalue weighted by Crippen LogP contribution is -2.10. The normalized spacial score (nSPS) is 11.7. The van der Waals surface area contributed by atoms with Crippen molar-refractivity contribution < 1.29 is 9.47 Å². The molecule has 0 aliphatic carbocycles. The van der Waals surface area contributed by atoms with Gasteiger partial charge in [0.1, 0.15) is 11.5 Å². The van der Waals surface area contributed by atoms with Crippen LogP contribution in [0.5, 0.6) is 23.0 Å². The summed E-state index contributed by atoms with van der Waals surface area (Å²) in [7, 11) is 0. The first-order valence-corrected chi connectivity index (χ1v) is 15.8. The van der Waals surface area contributed by atoms with Crippen LogP contribution in [0.3, 0.4) is 0 Å². The standard InChI is InChI=1S/C44H29NO2/c1-2-12-37(13-3-1)45(39-26-27-40-43(29-39)47-42-15-7-11-34-10-6-14-41(46-40)44(34)42)38-24-22-32(23-25-38)31-16-18-33(19-17-31)36-21-20-30-8-4-5-9-35(30)28-36/h1-29H. The van der Waals surface area contributed by atoms with Crippen LogP contribution in [-0.2, 0) is 0 Å². The number of fused-ring (bicyclic) bond motifs is 2. The molecule has 47 heavy (non-hydrogen) atoms. The molecular formula is C44H29NO2. The van der Waals surface area contributed by atoms with Crippen molar-refractivity contribution in [2.24, 2.45) is 0 Å². The number of ether oxygens (including phenoxy) is 2. The van der Waals surface area contributed by atoms with E-state index in [0.717, 1.165) is 44.9 Å². The molecule has 0 saturated heterocycles. The second kappa shape index (κ2) is 11.2. The Kier molecular flexibility index (Phi) is 6.46. The van der Waals surface area contributed by atoms with Crippen molar-refractivity contribution in [1.29, 1.82) is 0 Å². The Morgan fingerprint density at radius 3 is 1.55 bits per heavy atom. The van der Waals surface area contributed by atoms with E-state index in [2.05, 4.69) is 144 Å². The summed E-state index contributed by atoms with van der Waals surface area (Å²) in [5.41, 5.74) is 7.85. The molecule has 0 atom stereocenters. The third kappa shape index (κ3) is 4.95. The van der Waals surface area contributed by atoms with E-state index in [9.17, 15) is 0 Å². The SMILES string of the molecule is c1ccc(N(c2ccc(-c3ccc(-c4ccc5ccccc5c4)cc3)cc2)c2ccc3c(c2)Oc2cccc4cccc(c24)O3)cc1. The van der Waals surface area contributed by atoms with E-state index in [4.69, 9.17) is 9.47 Å². The van der Waals surface area contributed by atoms with Gasteiger partial charge in [0.25, 0.3) is 0 Å². The molecule has 222 valence electrons. The molecule has 0 spiro atoms. The first-order chi connectivity index (χ1) is 23.3. The maximum absolute atomic E-state index is 6.52. The predicted octanol–water partition coefficient (Wildman–Crippen LogP) is 12.7. The monoisotopic (exact) mass is 603 g/mol. The first-order valence-electron chi connectivity index (χ1n) is 15.8. The van der Waals surface area contributed by atoms with Gasteiger partial charge < -0.3 is 14.4 Å². The summed E-state index contributed by atoms with van der Waals surface area (Å²) in [6.45, 7) is 0. The largest absolute Gasteiger partial charge is 0.453 e. The quantitative estimate of drug-likeness (QED) is 0.195. The maximum atomic E-state index is 6.52. The van der Waals surface area contributed by atoms with Crippen LogP contribution in [-0.4, -0.2) is 0 Å². The minimum absolute atomic E-state index is 0.676. The minimum Gasteiger partial charge on any atom is -0.453 e. The van der Waals surface area contributed by atoms with E-state index >= 15 is 0 Å². The predicted molar refractivity (Wildman–Crippen MR) is 194 cm³/mol. The van der Waals surface area contributed by atoms with Crippen LogP contribution >= 0.6 is 0 Å². The lowest BCUT2D eigenvalue weighted by molar-refractivity contribution is 0.439. The van der Waals surface area contributed by atoms with E-state index in [1.54, 1.807) is 0 Å². The maximum Gasteiger partial charge on any atom is 0.172 e. The Bertz CT molecular complexity index is 2390. The molecule has 0 saturated carbocycles. The second-order valence-electron chi connectivity index (χ2n) is 11.8. The summed E-state index contributed by atoms with van der Waals surface area (Å²) < 4.78 is 12.9. The summed E-state index contributed by atoms with van der Waals surface area (Å²) >= 11 is 0. The van der Waals surface area contributed by atoms with Gasteiger partial charge in [-0.2, -0.15) is 0 Å². The molecule has 9 rings (SSSR count). The highest BCUT2D eigenvalue weighted by atomic mass is 16.5. The Hall–Kier alpha value is -6.32. The zero-order valence-corrected chi connectivity index (χ0v) is 25.5. The zero-order valence-electron chi connectivity index (χ0n) is 25.5. The van der Waals surface area contributed by atoms with E-state index in [1.807, 2.05) is 36.4 Å². The van der Waals surface area contributed by atoms with Gasteiger partial charge in [0.15, 0.2) is 11.5 Å². The highest BCUT2D eigenvalue weighted by molar-refractivity contribution is 5.95. The van der Waals surface area contributed by atoms with Gasteiger partial charge in [-0.3, -0.25) is 0 Å². The fourth-order valence-corrected chi connectivity index (χ4v) is 6.53. The summed E-state index contributed by atoms with van der Waals surface area (Å²) in [4.78, 5) is 2.24. The fraction of sp³-hybridized carbons (Fsp3) is 0. The van der Waals surface area contributed by atoms with Crippen molar-refractivity contribution >= 4 is 38.6 Å². The molecule has 0 fully saturated rings. The lowest BCUT2D eigenvalue weighted by Gasteiger charge is -2.26. The topological polar surface area (TPSA) is 21.7 Å². The van der Waals surface area contributed by atoms with Gasteiger partial charge in [0.05, 0.1) is 11.1 Å². The fourth-order valence-electron chi connectivity index (χ4n) is 6.53. The van der Waals surface area contributed by atoms with Gasteiger partial charge in [0.2, 0.25) is 0 Å². The molecule has 8 aromatic carbocycles. The average Bonchev–Trinajstić information content (AvgIpc) is 3.30. The number of hydrogen-bond acceptors (Lipinski definition) is 3. The number of rotatable bonds is 5. The molecule has 0 amide bonds. The highest BCUT2D eigenvalue weighted by Gasteiger charge is 2.21. The molecule has 3 nitrogen and oxygen atoms in total. The summed E-state index contributed by atoms with van der Waals surface area (Å²) in [6, 6.07) is 61.5. The van der Waals surface area contributed by atoms with Crippen LogP contribution in [0.2, 0.25) is 0 Å². The molecule has 8 aromatic rings. The van der Waals surface area contributed by atoms with Crippen LogP contribution in [0, 0.1) is 0 Å². The van der Waals surface area contributed by atoms with Gasteiger partial charge in [-0.05, 0) is 93.0 Å². The first kappa shape index (κ1) is 27.0. The molecule has 1 aliphatic rings. The Balaban J connectivity index is 1.04. The van der Waals surface area contributed by atoms with Crippen LogP contribution in [0.1, 0.15) is 0 Å². The molecule has 0 bridgehead atoms. The third-order valence-electron chi connectivity index (χ3n) is 8.89. The summed E-state index contributed by atoms with van der Waals surface area (Å²) in [5, 5.41) is 4.58. The van der Waals surface area contributed by atoms with Crippen LogP contribution in [0.4, 0.5) is 17.1 Å². The minimum atomic E-state index is 0.676. The zero-order chi connectivity index (χ0) is 31.2. The number of nitrogens with zero attached hydrogens (tertiary/aromatic N) is 1. The Morgan fingerprint density at radius 2 is 0.830 bits per heavy atom. The van der Waals surface area contributed by atoms with E-state index in [0.29, 0.717) is 11.5 Å². The van der Waals surface area contributed by atoms with Gasteiger partial charge in [-0.1, -0.05) is 115 Å². The van der Waals surface area contributed by atoms with Crippen LogP contribution < -0.4 is 14.4 Å². The third-order valence-corrected chi connectivity index (χ3v) is 8.89. The van der Waals surface area contributed by atoms with Crippen molar-refractivity contribution in [2.45, 2.75) is 0 Å². The molecule has 0 aromatic heterocycles. The number of benzene rings is 8. The van der Waals surface area contributed by atoms with Crippen LogP contribution in [0.25, 0.3) is 43.8 Å². The molecule has 0 unspecified atom stereocenters. The van der Waals surface area contributed by atoms with Crippen molar-refractivity contribution in [1.82, 2.24) is 0 Å². The van der Waals surface area contributed by atoms with Gasteiger partial charge in [-0.15, -0.1) is 0 Å². The van der Waals surface area contributed by atoms with Gasteiger partial charge >= 0.3 is 0 Å². The van der Waals surface area contributed by atoms with E-state index in [-0.39, 0.29) is 0 Å². The van der Waals surface area contributed by atoms with Gasteiger partial charge in [-0.25, -0.2) is 0 Å². The van der Waals surface area contributed by atoms with Gasteiger partial charge in [0, 0.05) is 17.4 Å². The molecule has 0 radical (unpaired) electrons. The highest BCUT2D eigenvalue weighted by Crippen LogP contribution is 2.48. The molecular weight excluding hydrogens is 574 g/mol. The molecule has 0 N–H and O–H groups in total. The number of anilines is 3. The van der Waals surface area contributed by atoms with E-state index < -0.39 is 0 Å². The molecule has 1 heterocycles. The lowest BCUT2D eigenvalue weighted by atomic mass is 9.98. The van der Waals surface area contributed by atoms with Crippen molar-refractivity contribution in [3.63, 3.8) is 0 Å². The summed E-state index contributed by atoms with van der Waals surface area (Å²) in [6.07, 6.45) is 0. The van der Waals surface area contributed by atoms with Crippen molar-refractivity contribution in [3.8, 4) is 45.3 Å². The number of hydrogen-bond donors (Lipinski definition) is 0. The van der Waals surface area contributed by atoms with Crippen molar-refractivity contribution in [3.05, 3.63) is 176 Å². The molecule has 1 aliphatic heterocycles. The second-order valence-corrected chi connectivity index (χ2v) is 11.8.